The summed E-state index contributed by atoms with van der Waals surface area (Å²) in [5, 5.41) is 19.3. The van der Waals surface area contributed by atoms with E-state index in [1.807, 2.05) is 0 Å². The third-order valence-electron chi connectivity index (χ3n) is 2.92. The molecule has 0 fully saturated rings. The molecule has 1 atom stereocenters. The molecule has 0 aliphatic carbocycles. The second kappa shape index (κ2) is 6.19. The van der Waals surface area contributed by atoms with Crippen LogP contribution in [-0.2, 0) is 20.1 Å². The van der Waals surface area contributed by atoms with Gasteiger partial charge in [0.2, 0.25) is 0 Å². The predicted octanol–water partition coefficient (Wildman–Crippen LogP) is 1.34. The number of Topliss-reactive ketones (excluding diaryl/α,β-unsaturated/α-hetero) is 1. The van der Waals surface area contributed by atoms with Gasteiger partial charge in [0.1, 0.15) is 0 Å². The minimum atomic E-state index is -2.93. The van der Waals surface area contributed by atoms with Crippen molar-refractivity contribution < 1.29 is 29.3 Å². The van der Waals surface area contributed by atoms with Gasteiger partial charge in [0.15, 0.2) is 0 Å². The number of carbonyl (C=O) groups excluding carboxylic acids is 2. The molecule has 0 heterocycles. The molecule has 1 unspecified atom stereocenters. The normalized spacial score (nSPS) is 13.0. The van der Waals surface area contributed by atoms with Gasteiger partial charge in [-0.3, -0.25) is 4.79 Å². The van der Waals surface area contributed by atoms with Gasteiger partial charge in [0, 0.05) is 11.1 Å². The van der Waals surface area contributed by atoms with Crippen LogP contribution in [0, 0.1) is 0 Å². The summed E-state index contributed by atoms with van der Waals surface area (Å²) in [6.07, 6.45) is 0. The van der Waals surface area contributed by atoms with E-state index in [9.17, 15) is 19.5 Å². The SMILES string of the molecule is O=C(OC(O)(C(=O)O)c1ccccc1)C(=O)c1ccccc1. The zero-order valence-electron chi connectivity index (χ0n) is 11.3. The van der Waals surface area contributed by atoms with Crippen molar-refractivity contribution in [3.8, 4) is 0 Å². The van der Waals surface area contributed by atoms with Crippen molar-refractivity contribution in [2.24, 2.45) is 0 Å². The summed E-state index contributed by atoms with van der Waals surface area (Å²) < 4.78 is 4.57. The highest BCUT2D eigenvalue weighted by molar-refractivity contribution is 6.40. The largest absolute Gasteiger partial charge is 0.476 e. The maximum Gasteiger partial charge on any atom is 0.382 e. The first-order chi connectivity index (χ1) is 10.4. The molecule has 0 aromatic heterocycles. The average molecular weight is 300 g/mol. The van der Waals surface area contributed by atoms with Gasteiger partial charge in [0.05, 0.1) is 0 Å². The zero-order chi connectivity index (χ0) is 16.2. The van der Waals surface area contributed by atoms with Crippen LogP contribution in [0.2, 0.25) is 0 Å². The van der Waals surface area contributed by atoms with Crippen molar-refractivity contribution in [2.75, 3.05) is 0 Å². The van der Waals surface area contributed by atoms with Crippen molar-refractivity contribution in [2.45, 2.75) is 5.79 Å². The first-order valence-corrected chi connectivity index (χ1v) is 6.29. The first-order valence-electron chi connectivity index (χ1n) is 6.29. The van der Waals surface area contributed by atoms with E-state index in [2.05, 4.69) is 4.74 Å². The molecule has 2 aromatic carbocycles. The lowest BCUT2D eigenvalue weighted by Crippen LogP contribution is -2.42. The standard InChI is InChI=1S/C16H12O6/c17-13(11-7-3-1-4-8-11)14(18)22-16(21,15(19)20)12-9-5-2-6-10-12/h1-10,21H,(H,19,20). The smallest absolute Gasteiger partial charge is 0.382 e. The Morgan fingerprint density at radius 1 is 0.864 bits per heavy atom. The maximum atomic E-state index is 11.9. The topological polar surface area (TPSA) is 101 Å². The van der Waals surface area contributed by atoms with Gasteiger partial charge in [-0.15, -0.1) is 0 Å². The monoisotopic (exact) mass is 300 g/mol. The predicted molar refractivity (Wildman–Crippen MR) is 74.8 cm³/mol. The Balaban J connectivity index is 2.27. The lowest BCUT2D eigenvalue weighted by molar-refractivity contribution is -0.224. The van der Waals surface area contributed by atoms with E-state index >= 15 is 0 Å². The molecule has 0 saturated heterocycles. The summed E-state index contributed by atoms with van der Waals surface area (Å²) in [7, 11) is 0. The molecule has 112 valence electrons. The number of hydrogen-bond acceptors (Lipinski definition) is 5. The van der Waals surface area contributed by atoms with Gasteiger partial charge in [-0.2, -0.15) is 0 Å². The third-order valence-corrected chi connectivity index (χ3v) is 2.92. The summed E-state index contributed by atoms with van der Waals surface area (Å²) in [4.78, 5) is 35.0. The Morgan fingerprint density at radius 2 is 1.36 bits per heavy atom. The summed E-state index contributed by atoms with van der Waals surface area (Å²) in [6.45, 7) is 0. The van der Waals surface area contributed by atoms with Crippen LogP contribution in [0.4, 0.5) is 0 Å². The molecular weight excluding hydrogens is 288 g/mol. The third kappa shape index (κ3) is 3.02. The summed E-state index contributed by atoms with van der Waals surface area (Å²) in [6, 6.07) is 14.6. The Hall–Kier alpha value is -2.99. The van der Waals surface area contributed by atoms with E-state index in [-0.39, 0.29) is 11.1 Å². The van der Waals surface area contributed by atoms with Crippen LogP contribution in [0.5, 0.6) is 0 Å². The van der Waals surface area contributed by atoms with Crippen LogP contribution in [0.25, 0.3) is 0 Å². The van der Waals surface area contributed by atoms with Crippen molar-refractivity contribution in [1.82, 2.24) is 0 Å². The molecule has 0 aliphatic rings. The number of carboxylic acids is 1. The molecule has 0 bridgehead atoms. The van der Waals surface area contributed by atoms with Gasteiger partial charge >= 0.3 is 17.7 Å². The summed E-state index contributed by atoms with van der Waals surface area (Å²) >= 11 is 0. The van der Waals surface area contributed by atoms with Gasteiger partial charge in [-0.1, -0.05) is 60.7 Å². The van der Waals surface area contributed by atoms with Gasteiger partial charge in [-0.25, -0.2) is 9.59 Å². The lowest BCUT2D eigenvalue weighted by Gasteiger charge is -2.23. The Labute approximate surface area is 125 Å². The molecule has 2 aromatic rings. The van der Waals surface area contributed by atoms with Crippen LogP contribution < -0.4 is 0 Å². The minimum absolute atomic E-state index is 0.0355. The van der Waals surface area contributed by atoms with E-state index in [0.29, 0.717) is 0 Å². The molecule has 0 radical (unpaired) electrons. The maximum absolute atomic E-state index is 11.9. The highest BCUT2D eigenvalue weighted by atomic mass is 16.7. The number of aliphatic carboxylic acids is 1. The van der Waals surface area contributed by atoms with Crippen molar-refractivity contribution >= 4 is 17.7 Å². The molecule has 0 saturated carbocycles. The van der Waals surface area contributed by atoms with Crippen LogP contribution in [-0.4, -0.2) is 27.9 Å². The number of benzene rings is 2. The van der Waals surface area contributed by atoms with E-state index < -0.39 is 23.5 Å². The quantitative estimate of drug-likeness (QED) is 0.374. The van der Waals surface area contributed by atoms with E-state index in [1.165, 1.54) is 36.4 Å². The zero-order valence-corrected chi connectivity index (χ0v) is 11.3. The summed E-state index contributed by atoms with van der Waals surface area (Å²) in [5.74, 6) is -7.23. The molecule has 2 rings (SSSR count). The number of carboxylic acid groups (broad SMARTS) is 1. The van der Waals surface area contributed by atoms with Gasteiger partial charge in [0.25, 0.3) is 5.78 Å². The molecule has 6 heteroatoms. The van der Waals surface area contributed by atoms with Crippen molar-refractivity contribution in [1.29, 1.82) is 0 Å². The first kappa shape index (κ1) is 15.4. The van der Waals surface area contributed by atoms with Gasteiger partial charge in [-0.05, 0) is 0 Å². The Kier molecular flexibility index (Phi) is 4.33. The van der Waals surface area contributed by atoms with Crippen LogP contribution in [0.3, 0.4) is 0 Å². The van der Waals surface area contributed by atoms with Gasteiger partial charge < -0.3 is 14.9 Å². The van der Waals surface area contributed by atoms with Crippen molar-refractivity contribution in [3.05, 3.63) is 71.8 Å². The van der Waals surface area contributed by atoms with E-state index in [0.717, 1.165) is 0 Å². The van der Waals surface area contributed by atoms with Crippen LogP contribution in [0.15, 0.2) is 60.7 Å². The fraction of sp³-hybridized carbons (Fsp3) is 0.0625. The van der Waals surface area contributed by atoms with E-state index in [1.54, 1.807) is 24.3 Å². The number of aliphatic hydroxyl groups is 1. The van der Waals surface area contributed by atoms with Crippen molar-refractivity contribution in [3.63, 3.8) is 0 Å². The number of carbonyl (C=O) groups is 3. The number of esters is 1. The molecule has 6 nitrogen and oxygen atoms in total. The van der Waals surface area contributed by atoms with E-state index in [4.69, 9.17) is 5.11 Å². The minimum Gasteiger partial charge on any atom is -0.476 e. The van der Waals surface area contributed by atoms with Crippen LogP contribution in [0.1, 0.15) is 15.9 Å². The fourth-order valence-corrected chi connectivity index (χ4v) is 1.78. The Morgan fingerprint density at radius 3 is 1.86 bits per heavy atom. The highest BCUT2D eigenvalue weighted by Gasteiger charge is 2.44. The average Bonchev–Trinajstić information content (AvgIpc) is 2.55. The molecular formula is C16H12O6. The van der Waals surface area contributed by atoms with Crippen LogP contribution >= 0.6 is 0 Å². The molecule has 22 heavy (non-hydrogen) atoms. The molecule has 0 amide bonds. The number of ether oxygens (including phenoxy) is 1. The Bertz CT molecular complexity index is 695. The fourth-order valence-electron chi connectivity index (χ4n) is 1.78. The lowest BCUT2D eigenvalue weighted by atomic mass is 10.1. The summed E-state index contributed by atoms with van der Waals surface area (Å²) in [5.41, 5.74) is -0.134. The molecule has 0 spiro atoms. The number of rotatable bonds is 5. The second-order valence-corrected chi connectivity index (χ2v) is 4.40. The number of ketones is 1. The second-order valence-electron chi connectivity index (χ2n) is 4.40. The number of hydrogen-bond donors (Lipinski definition) is 2. The highest BCUT2D eigenvalue weighted by Crippen LogP contribution is 2.23. The molecule has 2 N–H and O–H groups in total. The molecule has 0 aliphatic heterocycles.